The monoisotopic (exact) mass is 349 g/mol. The molecule has 1 atom stereocenters. The number of nitrogens with zero attached hydrogens (tertiary/aromatic N) is 4. The molecule has 0 aromatic carbocycles. The van der Waals surface area contributed by atoms with E-state index in [0.29, 0.717) is 47.1 Å². The summed E-state index contributed by atoms with van der Waals surface area (Å²) in [6, 6.07) is 2.41. The molecule has 1 amide bonds. The Morgan fingerprint density at radius 2 is 2.21 bits per heavy atom. The molecule has 0 spiro atoms. The molecule has 1 unspecified atom stereocenters. The maximum atomic E-state index is 12.1. The molecule has 2 aliphatic heterocycles. The molecule has 2 aliphatic rings. The van der Waals surface area contributed by atoms with Crippen LogP contribution in [0.25, 0.3) is 11.2 Å². The Morgan fingerprint density at radius 1 is 1.33 bits per heavy atom. The molecule has 0 radical (unpaired) electrons. The predicted octanol–water partition coefficient (Wildman–Crippen LogP) is 2.51. The third-order valence-electron chi connectivity index (χ3n) is 4.63. The standard InChI is InChI=1S/C16H20ClN5O2/c1-21-6-2-4-10(9-21)18-16-20-15-14(24-16)11(8-12(17)19-15)22-7-3-5-13(22)23/h8,10H,2-7,9H2,1H3,(H,18,19,20). The van der Waals surface area contributed by atoms with Gasteiger partial charge in [-0.15, -0.1) is 0 Å². The fourth-order valence-electron chi connectivity index (χ4n) is 3.49. The number of hydrogen-bond acceptors (Lipinski definition) is 6. The Balaban J connectivity index is 1.65. The number of halogens is 1. The number of fused-ring (bicyclic) bond motifs is 1. The molecule has 0 aliphatic carbocycles. The molecule has 4 rings (SSSR count). The van der Waals surface area contributed by atoms with Gasteiger partial charge in [0.15, 0.2) is 5.58 Å². The lowest BCUT2D eigenvalue weighted by molar-refractivity contribution is -0.117. The molecule has 2 aromatic rings. The van der Waals surface area contributed by atoms with Crippen LogP contribution in [-0.2, 0) is 4.79 Å². The van der Waals surface area contributed by atoms with Gasteiger partial charge in [-0.05, 0) is 32.9 Å². The second-order valence-electron chi connectivity index (χ2n) is 6.53. The molecule has 24 heavy (non-hydrogen) atoms. The van der Waals surface area contributed by atoms with Crippen LogP contribution in [0.4, 0.5) is 11.7 Å². The van der Waals surface area contributed by atoms with Crippen molar-refractivity contribution >= 4 is 40.4 Å². The summed E-state index contributed by atoms with van der Waals surface area (Å²) in [5.74, 6) is 0.0818. The quantitative estimate of drug-likeness (QED) is 0.858. The number of carbonyl (C=O) groups excluding carboxylic acids is 1. The number of amides is 1. The maximum Gasteiger partial charge on any atom is 0.297 e. The van der Waals surface area contributed by atoms with Gasteiger partial charge in [0.1, 0.15) is 5.15 Å². The largest absolute Gasteiger partial charge is 0.420 e. The van der Waals surface area contributed by atoms with E-state index in [2.05, 4.69) is 27.2 Å². The highest BCUT2D eigenvalue weighted by molar-refractivity contribution is 6.30. The van der Waals surface area contributed by atoms with Crippen LogP contribution >= 0.6 is 11.6 Å². The lowest BCUT2D eigenvalue weighted by Gasteiger charge is -2.29. The summed E-state index contributed by atoms with van der Waals surface area (Å²) in [6.45, 7) is 2.74. The van der Waals surface area contributed by atoms with E-state index in [-0.39, 0.29) is 5.91 Å². The van der Waals surface area contributed by atoms with E-state index in [9.17, 15) is 4.79 Å². The van der Waals surface area contributed by atoms with E-state index in [4.69, 9.17) is 16.0 Å². The maximum absolute atomic E-state index is 12.1. The molecule has 2 aromatic heterocycles. The summed E-state index contributed by atoms with van der Waals surface area (Å²) in [4.78, 5) is 24.7. The fourth-order valence-corrected chi connectivity index (χ4v) is 3.67. The van der Waals surface area contributed by atoms with Crippen LogP contribution in [-0.4, -0.2) is 53.5 Å². The van der Waals surface area contributed by atoms with Gasteiger partial charge < -0.3 is 19.5 Å². The average Bonchev–Trinajstić information content (AvgIpc) is 3.12. The molecule has 0 bridgehead atoms. The third kappa shape index (κ3) is 2.93. The Kier molecular flexibility index (Phi) is 4.05. The van der Waals surface area contributed by atoms with E-state index in [0.717, 1.165) is 32.4 Å². The normalized spacial score (nSPS) is 22.5. The average molecular weight is 350 g/mol. The van der Waals surface area contributed by atoms with Crippen molar-refractivity contribution in [3.8, 4) is 0 Å². The zero-order valence-electron chi connectivity index (χ0n) is 13.6. The number of piperidine rings is 1. The Morgan fingerprint density at radius 3 is 2.96 bits per heavy atom. The van der Waals surface area contributed by atoms with E-state index in [1.165, 1.54) is 0 Å². The lowest BCUT2D eigenvalue weighted by atomic mass is 10.1. The molecule has 1 N–H and O–H groups in total. The molecule has 2 fully saturated rings. The number of rotatable bonds is 3. The van der Waals surface area contributed by atoms with Crippen LogP contribution in [0.3, 0.4) is 0 Å². The number of oxazole rings is 1. The first-order chi connectivity index (χ1) is 11.6. The van der Waals surface area contributed by atoms with Crippen LogP contribution in [0.15, 0.2) is 10.5 Å². The van der Waals surface area contributed by atoms with Crippen LogP contribution < -0.4 is 10.2 Å². The van der Waals surface area contributed by atoms with Gasteiger partial charge in [0.05, 0.1) is 5.69 Å². The Hall–Kier alpha value is -1.86. The van der Waals surface area contributed by atoms with E-state index < -0.39 is 0 Å². The van der Waals surface area contributed by atoms with Gasteiger partial charge in [-0.1, -0.05) is 11.6 Å². The van der Waals surface area contributed by atoms with Gasteiger partial charge in [0.2, 0.25) is 11.6 Å². The molecule has 7 nitrogen and oxygen atoms in total. The fraction of sp³-hybridized carbons (Fsp3) is 0.562. The topological polar surface area (TPSA) is 74.5 Å². The van der Waals surface area contributed by atoms with Gasteiger partial charge >= 0.3 is 0 Å². The van der Waals surface area contributed by atoms with Gasteiger partial charge in [-0.3, -0.25) is 4.79 Å². The van der Waals surface area contributed by atoms with Crippen molar-refractivity contribution in [2.75, 3.05) is 36.9 Å². The van der Waals surface area contributed by atoms with Gasteiger partial charge in [0, 0.05) is 31.6 Å². The second-order valence-corrected chi connectivity index (χ2v) is 6.92. The third-order valence-corrected chi connectivity index (χ3v) is 4.82. The number of likely N-dealkylation sites (N-methyl/N-ethyl adjacent to an activating group) is 1. The highest BCUT2D eigenvalue weighted by Gasteiger charge is 2.27. The van der Waals surface area contributed by atoms with Gasteiger partial charge in [-0.2, -0.15) is 4.98 Å². The number of anilines is 2. The number of pyridine rings is 1. The Labute approximate surface area is 145 Å². The number of carbonyl (C=O) groups is 1. The first-order valence-corrected chi connectivity index (χ1v) is 8.70. The second kappa shape index (κ2) is 6.22. The number of hydrogen-bond donors (Lipinski definition) is 1. The van der Waals surface area contributed by atoms with Crippen LogP contribution in [0.1, 0.15) is 25.7 Å². The summed E-state index contributed by atoms with van der Waals surface area (Å²) in [5, 5.41) is 3.66. The molecule has 8 heteroatoms. The van der Waals surface area contributed by atoms with Crippen LogP contribution in [0.5, 0.6) is 0 Å². The summed E-state index contributed by atoms with van der Waals surface area (Å²) >= 11 is 6.11. The first kappa shape index (κ1) is 15.7. The summed E-state index contributed by atoms with van der Waals surface area (Å²) in [6.07, 6.45) is 3.61. The highest BCUT2D eigenvalue weighted by Crippen LogP contribution is 2.33. The smallest absolute Gasteiger partial charge is 0.297 e. The summed E-state index contributed by atoms with van der Waals surface area (Å²) in [7, 11) is 2.11. The predicted molar refractivity (Wildman–Crippen MR) is 92.5 cm³/mol. The first-order valence-electron chi connectivity index (χ1n) is 8.32. The highest BCUT2D eigenvalue weighted by atomic mass is 35.5. The molecule has 2 saturated heterocycles. The minimum atomic E-state index is 0.0818. The van der Waals surface area contributed by atoms with Crippen molar-refractivity contribution in [2.24, 2.45) is 0 Å². The molecule has 0 saturated carbocycles. The molecular formula is C16H20ClN5O2. The van der Waals surface area contributed by atoms with Crippen molar-refractivity contribution in [1.29, 1.82) is 0 Å². The van der Waals surface area contributed by atoms with Crippen molar-refractivity contribution < 1.29 is 9.21 Å². The van der Waals surface area contributed by atoms with E-state index >= 15 is 0 Å². The molecular weight excluding hydrogens is 330 g/mol. The van der Waals surface area contributed by atoms with Crippen molar-refractivity contribution in [3.05, 3.63) is 11.2 Å². The number of nitrogens with one attached hydrogen (secondary N) is 1. The Bertz CT molecular complexity index is 777. The van der Waals surface area contributed by atoms with Crippen LogP contribution in [0.2, 0.25) is 5.15 Å². The summed E-state index contributed by atoms with van der Waals surface area (Å²) < 4.78 is 5.90. The van der Waals surface area contributed by atoms with Crippen molar-refractivity contribution in [2.45, 2.75) is 31.7 Å². The minimum absolute atomic E-state index is 0.0818. The van der Waals surface area contributed by atoms with Crippen molar-refractivity contribution in [3.63, 3.8) is 0 Å². The summed E-state index contributed by atoms with van der Waals surface area (Å²) in [5.41, 5.74) is 1.61. The van der Waals surface area contributed by atoms with E-state index in [1.807, 2.05) is 0 Å². The zero-order chi connectivity index (χ0) is 16.7. The molecule has 128 valence electrons. The van der Waals surface area contributed by atoms with Gasteiger partial charge in [0.25, 0.3) is 6.01 Å². The number of likely N-dealkylation sites (tertiary alicyclic amines) is 1. The van der Waals surface area contributed by atoms with E-state index in [1.54, 1.807) is 11.0 Å². The SMILES string of the molecule is CN1CCCC(Nc2nc3nc(Cl)cc(N4CCCC4=O)c3o2)C1. The van der Waals surface area contributed by atoms with Gasteiger partial charge in [-0.25, -0.2) is 4.98 Å². The van der Waals surface area contributed by atoms with Crippen LogP contribution in [0, 0.1) is 0 Å². The minimum Gasteiger partial charge on any atom is -0.420 e. The zero-order valence-corrected chi connectivity index (χ0v) is 14.3. The van der Waals surface area contributed by atoms with Crippen molar-refractivity contribution in [1.82, 2.24) is 14.9 Å². The molecule has 4 heterocycles. The lowest BCUT2D eigenvalue weighted by Crippen LogP contribution is -2.39. The number of aromatic nitrogens is 2.